The van der Waals surface area contributed by atoms with Crippen molar-refractivity contribution in [1.82, 2.24) is 0 Å². The Kier molecular flexibility index (Phi) is 4.13. The average molecular weight is 399 g/mol. The molecule has 6 rings (SSSR count). The van der Waals surface area contributed by atoms with Gasteiger partial charge in [0.25, 0.3) is 0 Å². The van der Waals surface area contributed by atoms with E-state index in [1.807, 2.05) is 12.2 Å². The maximum Gasteiger partial charge on any atom is 0.116 e. The van der Waals surface area contributed by atoms with Crippen LogP contribution in [0.3, 0.4) is 0 Å². The molecule has 0 heterocycles. The summed E-state index contributed by atoms with van der Waals surface area (Å²) in [5.41, 5.74) is 5.41. The maximum atomic E-state index is 11.9. The van der Waals surface area contributed by atoms with Crippen molar-refractivity contribution in [2.45, 2.75) is 62.6 Å². The molecule has 4 aliphatic carbocycles. The van der Waals surface area contributed by atoms with E-state index in [-0.39, 0.29) is 0 Å². The number of allylic oxidation sites excluding steroid dienone is 2. The number of benzene rings is 2. The van der Waals surface area contributed by atoms with E-state index in [4.69, 9.17) is 0 Å². The second kappa shape index (κ2) is 6.67. The predicted molar refractivity (Wildman–Crippen MR) is 121 cm³/mol. The summed E-state index contributed by atoms with van der Waals surface area (Å²) in [5, 5.41) is 23.8. The minimum atomic E-state index is -1.20. The second-order valence-corrected chi connectivity index (χ2v) is 9.91. The molecule has 0 amide bonds. The van der Waals surface area contributed by atoms with Crippen LogP contribution in [0.25, 0.3) is 11.1 Å². The summed E-state index contributed by atoms with van der Waals surface area (Å²) in [4.78, 5) is 0. The Labute approximate surface area is 179 Å². The maximum absolute atomic E-state index is 11.9. The van der Waals surface area contributed by atoms with Crippen LogP contribution in [-0.2, 0) is 12.8 Å². The van der Waals surface area contributed by atoms with Gasteiger partial charge in [-0.2, -0.15) is 0 Å². The standard InChI is InChI=1S/C28H30O2/c29-27(15-13-21-11-9-19-5-1-3-7-23(19)25(21)17-27)28(30)16-14-22-12-10-20-6-2-4-8-24(20)26(22)18-28/h1-8,17-18,21-22,29-30H,9-16H2. The highest BCUT2D eigenvalue weighted by Crippen LogP contribution is 2.52. The Bertz CT molecular complexity index is 978. The van der Waals surface area contributed by atoms with E-state index in [0.717, 1.165) is 38.5 Å². The van der Waals surface area contributed by atoms with Crippen LogP contribution < -0.4 is 0 Å². The van der Waals surface area contributed by atoms with Gasteiger partial charge in [0.1, 0.15) is 11.2 Å². The van der Waals surface area contributed by atoms with Gasteiger partial charge in [-0.1, -0.05) is 48.5 Å². The van der Waals surface area contributed by atoms with Gasteiger partial charge in [0.05, 0.1) is 0 Å². The lowest BCUT2D eigenvalue weighted by Gasteiger charge is -2.49. The van der Waals surface area contributed by atoms with E-state index >= 15 is 0 Å². The van der Waals surface area contributed by atoms with Crippen molar-refractivity contribution in [3.63, 3.8) is 0 Å². The van der Waals surface area contributed by atoms with Crippen LogP contribution >= 0.6 is 0 Å². The average Bonchev–Trinajstić information content (AvgIpc) is 2.79. The summed E-state index contributed by atoms with van der Waals surface area (Å²) < 4.78 is 0. The van der Waals surface area contributed by atoms with Crippen LogP contribution in [0.4, 0.5) is 0 Å². The fourth-order valence-corrected chi connectivity index (χ4v) is 6.57. The van der Waals surface area contributed by atoms with Crippen molar-refractivity contribution in [2.75, 3.05) is 0 Å². The van der Waals surface area contributed by atoms with Crippen molar-refractivity contribution in [2.24, 2.45) is 11.8 Å². The molecule has 154 valence electrons. The van der Waals surface area contributed by atoms with Crippen molar-refractivity contribution >= 4 is 11.1 Å². The molecule has 0 radical (unpaired) electrons. The lowest BCUT2D eigenvalue weighted by atomic mass is 9.61. The first-order valence-electron chi connectivity index (χ1n) is 11.6. The topological polar surface area (TPSA) is 40.5 Å². The first kappa shape index (κ1) is 18.6. The normalized spacial score (nSPS) is 34.6. The molecular weight excluding hydrogens is 368 g/mol. The van der Waals surface area contributed by atoms with Crippen LogP contribution in [0.5, 0.6) is 0 Å². The van der Waals surface area contributed by atoms with Crippen molar-refractivity contribution in [3.8, 4) is 0 Å². The quantitative estimate of drug-likeness (QED) is 0.682. The van der Waals surface area contributed by atoms with E-state index in [1.165, 1.54) is 33.4 Å². The van der Waals surface area contributed by atoms with E-state index in [9.17, 15) is 10.2 Å². The van der Waals surface area contributed by atoms with Crippen LogP contribution in [0.15, 0.2) is 60.7 Å². The first-order chi connectivity index (χ1) is 14.6. The molecule has 0 spiro atoms. The molecule has 2 N–H and O–H groups in total. The molecule has 4 unspecified atom stereocenters. The molecule has 2 heteroatoms. The van der Waals surface area contributed by atoms with E-state index in [2.05, 4.69) is 48.5 Å². The van der Waals surface area contributed by atoms with Gasteiger partial charge in [-0.3, -0.25) is 0 Å². The molecule has 0 saturated carbocycles. The summed E-state index contributed by atoms with van der Waals surface area (Å²) in [6.07, 6.45) is 11.8. The van der Waals surface area contributed by atoms with Crippen LogP contribution in [0.2, 0.25) is 0 Å². The molecule has 0 fully saturated rings. The van der Waals surface area contributed by atoms with Gasteiger partial charge in [-0.15, -0.1) is 0 Å². The summed E-state index contributed by atoms with van der Waals surface area (Å²) in [6, 6.07) is 17.2. The fraction of sp³-hybridized carbons (Fsp3) is 0.429. The molecule has 0 bridgehead atoms. The summed E-state index contributed by atoms with van der Waals surface area (Å²) >= 11 is 0. The second-order valence-electron chi connectivity index (χ2n) is 9.91. The molecule has 2 nitrogen and oxygen atoms in total. The predicted octanol–water partition coefficient (Wildman–Crippen LogP) is 5.33. The Morgan fingerprint density at radius 1 is 0.600 bits per heavy atom. The molecule has 2 aromatic rings. The highest BCUT2D eigenvalue weighted by molar-refractivity contribution is 5.76. The largest absolute Gasteiger partial charge is 0.382 e. The SMILES string of the molecule is OC1(C2(O)C=C3c4ccccc4CCC3CC2)C=C2c3ccccc3CCC2CC1. The van der Waals surface area contributed by atoms with Gasteiger partial charge in [-0.25, -0.2) is 0 Å². The van der Waals surface area contributed by atoms with Gasteiger partial charge in [0, 0.05) is 0 Å². The lowest BCUT2D eigenvalue weighted by Crippen LogP contribution is -2.55. The van der Waals surface area contributed by atoms with Crippen molar-refractivity contribution in [1.29, 1.82) is 0 Å². The number of aryl methyl sites for hydroxylation is 2. The third kappa shape index (κ3) is 2.70. The lowest BCUT2D eigenvalue weighted by molar-refractivity contribution is -0.109. The zero-order chi connectivity index (χ0) is 20.3. The van der Waals surface area contributed by atoms with E-state index < -0.39 is 11.2 Å². The molecule has 4 atom stereocenters. The van der Waals surface area contributed by atoms with Gasteiger partial charge in [0.15, 0.2) is 0 Å². The van der Waals surface area contributed by atoms with Crippen LogP contribution in [0, 0.1) is 11.8 Å². The Morgan fingerprint density at radius 3 is 1.50 bits per heavy atom. The highest BCUT2D eigenvalue weighted by atomic mass is 16.4. The third-order valence-corrected chi connectivity index (χ3v) is 8.35. The van der Waals surface area contributed by atoms with Gasteiger partial charge < -0.3 is 10.2 Å². The number of hydrogen-bond donors (Lipinski definition) is 2. The zero-order valence-electron chi connectivity index (χ0n) is 17.5. The zero-order valence-corrected chi connectivity index (χ0v) is 17.5. The first-order valence-corrected chi connectivity index (χ1v) is 11.6. The molecular formula is C28H30O2. The molecule has 2 aromatic carbocycles. The smallest absolute Gasteiger partial charge is 0.116 e. The minimum absolute atomic E-state index is 0.503. The Hall–Kier alpha value is -2.16. The molecule has 0 aromatic heterocycles. The fourth-order valence-electron chi connectivity index (χ4n) is 6.57. The van der Waals surface area contributed by atoms with Crippen LogP contribution in [0.1, 0.15) is 60.8 Å². The molecule has 0 aliphatic heterocycles. The van der Waals surface area contributed by atoms with Gasteiger partial charge in [0.2, 0.25) is 0 Å². The van der Waals surface area contributed by atoms with Crippen molar-refractivity contribution in [3.05, 3.63) is 82.9 Å². The number of hydrogen-bond acceptors (Lipinski definition) is 2. The third-order valence-electron chi connectivity index (χ3n) is 8.35. The molecule has 0 saturated heterocycles. The van der Waals surface area contributed by atoms with Gasteiger partial charge in [-0.05, 0) is 109 Å². The summed E-state index contributed by atoms with van der Waals surface area (Å²) in [5.74, 6) is 1.01. The Morgan fingerprint density at radius 2 is 1.03 bits per heavy atom. The number of fused-ring (bicyclic) bond motifs is 6. The highest BCUT2D eigenvalue weighted by Gasteiger charge is 2.51. The molecule has 30 heavy (non-hydrogen) atoms. The Balaban J connectivity index is 1.45. The number of aliphatic hydroxyl groups is 2. The number of rotatable bonds is 1. The monoisotopic (exact) mass is 398 g/mol. The molecule has 4 aliphatic rings. The van der Waals surface area contributed by atoms with Crippen molar-refractivity contribution < 1.29 is 10.2 Å². The van der Waals surface area contributed by atoms with Crippen LogP contribution in [-0.4, -0.2) is 21.4 Å². The van der Waals surface area contributed by atoms with E-state index in [1.54, 1.807) is 0 Å². The summed E-state index contributed by atoms with van der Waals surface area (Å²) in [7, 11) is 0. The minimum Gasteiger partial charge on any atom is -0.382 e. The van der Waals surface area contributed by atoms with E-state index in [0.29, 0.717) is 24.7 Å². The summed E-state index contributed by atoms with van der Waals surface area (Å²) in [6.45, 7) is 0. The van der Waals surface area contributed by atoms with Gasteiger partial charge >= 0.3 is 0 Å².